The Labute approximate surface area is 98.1 Å². The van der Waals surface area contributed by atoms with Crippen molar-refractivity contribution in [1.82, 2.24) is 4.90 Å². The van der Waals surface area contributed by atoms with Gasteiger partial charge in [0, 0.05) is 13.1 Å². The maximum atomic E-state index is 5.72. The van der Waals surface area contributed by atoms with Crippen molar-refractivity contribution in [3.63, 3.8) is 0 Å². The molecule has 94 valence electrons. The van der Waals surface area contributed by atoms with Gasteiger partial charge in [0.05, 0.1) is 25.4 Å². The molecule has 2 rings (SSSR count). The van der Waals surface area contributed by atoms with Crippen LogP contribution in [0.15, 0.2) is 0 Å². The third-order valence-corrected chi connectivity index (χ3v) is 3.51. The molecule has 2 aliphatic rings. The van der Waals surface area contributed by atoms with E-state index in [9.17, 15) is 0 Å². The maximum absolute atomic E-state index is 5.72. The second-order valence-corrected chi connectivity index (χ2v) is 4.82. The van der Waals surface area contributed by atoms with Gasteiger partial charge < -0.3 is 20.1 Å². The summed E-state index contributed by atoms with van der Waals surface area (Å²) in [6, 6.07) is 0. The smallest absolute Gasteiger partial charge is 0.0813 e. The SMILES string of the molecule is NCC1CCC(COCCN2CCCC2)O1. The Morgan fingerprint density at radius 3 is 2.62 bits per heavy atom. The molecule has 2 unspecified atom stereocenters. The van der Waals surface area contributed by atoms with Crippen molar-refractivity contribution in [3.8, 4) is 0 Å². The van der Waals surface area contributed by atoms with E-state index in [1.54, 1.807) is 0 Å². The van der Waals surface area contributed by atoms with Crippen molar-refractivity contribution in [1.29, 1.82) is 0 Å². The fourth-order valence-corrected chi connectivity index (χ4v) is 2.49. The third kappa shape index (κ3) is 3.70. The van der Waals surface area contributed by atoms with Crippen molar-refractivity contribution < 1.29 is 9.47 Å². The minimum atomic E-state index is 0.271. The number of hydrogen-bond acceptors (Lipinski definition) is 4. The summed E-state index contributed by atoms with van der Waals surface area (Å²) < 4.78 is 11.4. The van der Waals surface area contributed by atoms with Crippen LogP contribution in [0.3, 0.4) is 0 Å². The van der Waals surface area contributed by atoms with Crippen LogP contribution in [0.5, 0.6) is 0 Å². The average Bonchev–Trinajstić information content (AvgIpc) is 2.95. The molecule has 2 N–H and O–H groups in total. The molecule has 0 amide bonds. The molecule has 2 saturated heterocycles. The molecule has 0 radical (unpaired) electrons. The molecule has 2 fully saturated rings. The lowest BCUT2D eigenvalue weighted by molar-refractivity contribution is -0.0151. The van der Waals surface area contributed by atoms with E-state index >= 15 is 0 Å². The summed E-state index contributed by atoms with van der Waals surface area (Å²) >= 11 is 0. The van der Waals surface area contributed by atoms with Crippen LogP contribution < -0.4 is 5.73 Å². The van der Waals surface area contributed by atoms with Crippen LogP contribution in [0.25, 0.3) is 0 Å². The summed E-state index contributed by atoms with van der Waals surface area (Å²) in [5, 5.41) is 0. The van der Waals surface area contributed by atoms with Crippen LogP contribution in [0.1, 0.15) is 25.7 Å². The van der Waals surface area contributed by atoms with Gasteiger partial charge in [-0.1, -0.05) is 0 Å². The Balaban J connectivity index is 1.48. The van der Waals surface area contributed by atoms with Gasteiger partial charge in [-0.2, -0.15) is 0 Å². The Hall–Kier alpha value is -0.160. The number of hydrogen-bond donors (Lipinski definition) is 1. The first-order valence-corrected chi connectivity index (χ1v) is 6.54. The van der Waals surface area contributed by atoms with Crippen molar-refractivity contribution in [3.05, 3.63) is 0 Å². The third-order valence-electron chi connectivity index (χ3n) is 3.51. The van der Waals surface area contributed by atoms with Gasteiger partial charge in [-0.15, -0.1) is 0 Å². The molecule has 0 aromatic carbocycles. The number of nitrogens with two attached hydrogens (primary N) is 1. The lowest BCUT2D eigenvalue weighted by Crippen LogP contribution is -2.26. The summed E-state index contributed by atoms with van der Waals surface area (Å²) in [5.74, 6) is 0. The van der Waals surface area contributed by atoms with Crippen LogP contribution in [0.4, 0.5) is 0 Å². The fourth-order valence-electron chi connectivity index (χ4n) is 2.49. The molecule has 0 saturated carbocycles. The lowest BCUT2D eigenvalue weighted by atomic mass is 10.2. The molecular weight excluding hydrogens is 204 g/mol. The van der Waals surface area contributed by atoms with Crippen LogP contribution in [0, 0.1) is 0 Å². The van der Waals surface area contributed by atoms with Gasteiger partial charge in [0.2, 0.25) is 0 Å². The Morgan fingerprint density at radius 1 is 1.19 bits per heavy atom. The van der Waals surface area contributed by atoms with Gasteiger partial charge >= 0.3 is 0 Å². The zero-order valence-corrected chi connectivity index (χ0v) is 10.1. The quantitative estimate of drug-likeness (QED) is 0.677. The van der Waals surface area contributed by atoms with E-state index in [-0.39, 0.29) is 12.2 Å². The number of ether oxygens (including phenoxy) is 2. The first kappa shape index (κ1) is 12.3. The normalized spacial score (nSPS) is 31.3. The molecule has 0 aromatic heterocycles. The first-order chi connectivity index (χ1) is 7.88. The summed E-state index contributed by atoms with van der Waals surface area (Å²) in [6.07, 6.45) is 5.45. The molecule has 2 aliphatic heterocycles. The van der Waals surface area contributed by atoms with Crippen LogP contribution >= 0.6 is 0 Å². The predicted octanol–water partition coefficient (Wildman–Crippen LogP) is 0.605. The van der Waals surface area contributed by atoms with Gasteiger partial charge in [0.15, 0.2) is 0 Å². The van der Waals surface area contributed by atoms with Crippen molar-refractivity contribution in [2.45, 2.75) is 37.9 Å². The van der Waals surface area contributed by atoms with Gasteiger partial charge in [0.1, 0.15) is 0 Å². The van der Waals surface area contributed by atoms with Crippen LogP contribution in [0.2, 0.25) is 0 Å². The van der Waals surface area contributed by atoms with Crippen LogP contribution in [-0.4, -0.2) is 56.5 Å². The maximum Gasteiger partial charge on any atom is 0.0813 e. The molecule has 2 heterocycles. The molecule has 0 spiro atoms. The molecular formula is C12H24N2O2. The zero-order valence-electron chi connectivity index (χ0n) is 10.1. The van der Waals surface area contributed by atoms with Crippen molar-refractivity contribution >= 4 is 0 Å². The average molecular weight is 228 g/mol. The summed E-state index contributed by atoms with van der Waals surface area (Å²) in [4.78, 5) is 2.47. The zero-order chi connectivity index (χ0) is 11.2. The van der Waals surface area contributed by atoms with E-state index in [4.69, 9.17) is 15.2 Å². The summed E-state index contributed by atoms with van der Waals surface area (Å²) in [5.41, 5.74) is 5.56. The van der Waals surface area contributed by atoms with Gasteiger partial charge in [-0.25, -0.2) is 0 Å². The second kappa shape index (κ2) is 6.55. The van der Waals surface area contributed by atoms with E-state index in [0.717, 1.165) is 32.6 Å². The summed E-state index contributed by atoms with van der Waals surface area (Å²) in [7, 11) is 0. The van der Waals surface area contributed by atoms with Gasteiger partial charge in [-0.3, -0.25) is 0 Å². The molecule has 16 heavy (non-hydrogen) atoms. The largest absolute Gasteiger partial charge is 0.377 e. The highest BCUT2D eigenvalue weighted by Gasteiger charge is 2.24. The molecule has 0 aromatic rings. The van der Waals surface area contributed by atoms with Crippen molar-refractivity contribution in [2.75, 3.05) is 39.4 Å². The minimum Gasteiger partial charge on any atom is -0.377 e. The molecule has 4 heteroatoms. The Bertz CT molecular complexity index is 195. The van der Waals surface area contributed by atoms with Gasteiger partial charge in [0.25, 0.3) is 0 Å². The fraction of sp³-hybridized carbons (Fsp3) is 1.00. The lowest BCUT2D eigenvalue weighted by Gasteiger charge is -2.16. The standard InChI is InChI=1S/C12H24N2O2/c13-9-11-3-4-12(16-11)10-15-8-7-14-5-1-2-6-14/h11-12H,1-10,13H2. The predicted molar refractivity (Wildman–Crippen MR) is 63.4 cm³/mol. The first-order valence-electron chi connectivity index (χ1n) is 6.54. The molecule has 0 aliphatic carbocycles. The highest BCUT2D eigenvalue weighted by Crippen LogP contribution is 2.18. The van der Waals surface area contributed by atoms with E-state index in [1.165, 1.54) is 25.9 Å². The van der Waals surface area contributed by atoms with E-state index < -0.39 is 0 Å². The van der Waals surface area contributed by atoms with Crippen molar-refractivity contribution in [2.24, 2.45) is 5.73 Å². The number of nitrogens with zero attached hydrogens (tertiary/aromatic N) is 1. The van der Waals surface area contributed by atoms with E-state index in [1.807, 2.05) is 0 Å². The van der Waals surface area contributed by atoms with E-state index in [0.29, 0.717) is 6.54 Å². The molecule has 0 bridgehead atoms. The monoisotopic (exact) mass is 228 g/mol. The highest BCUT2D eigenvalue weighted by molar-refractivity contribution is 4.73. The summed E-state index contributed by atoms with van der Waals surface area (Å²) in [6.45, 7) is 5.80. The highest BCUT2D eigenvalue weighted by atomic mass is 16.5. The minimum absolute atomic E-state index is 0.271. The Kier molecular flexibility index (Phi) is 5.03. The number of rotatable bonds is 6. The van der Waals surface area contributed by atoms with E-state index in [2.05, 4.69) is 4.90 Å². The molecule has 2 atom stereocenters. The Morgan fingerprint density at radius 2 is 1.94 bits per heavy atom. The van der Waals surface area contributed by atoms with Gasteiger partial charge in [-0.05, 0) is 38.8 Å². The number of likely N-dealkylation sites (tertiary alicyclic amines) is 1. The molecule has 4 nitrogen and oxygen atoms in total. The topological polar surface area (TPSA) is 47.7 Å². The second-order valence-electron chi connectivity index (χ2n) is 4.82. The van der Waals surface area contributed by atoms with Crippen LogP contribution in [-0.2, 0) is 9.47 Å².